The van der Waals surface area contributed by atoms with Gasteiger partial charge in [0.2, 0.25) is 0 Å². The molecule has 2 aromatic rings. The van der Waals surface area contributed by atoms with Crippen LogP contribution in [-0.2, 0) is 0 Å². The first-order valence-electron chi connectivity index (χ1n) is 4.15. The molecule has 0 fully saturated rings. The van der Waals surface area contributed by atoms with Crippen molar-refractivity contribution in [1.82, 2.24) is 4.98 Å². The monoisotopic (exact) mass is 240 g/mol. The number of halogens is 2. The molecular weight excluding hydrogens is 235 g/mol. The van der Waals surface area contributed by atoms with Crippen molar-refractivity contribution >= 4 is 34.8 Å². The second-order valence-electron chi connectivity index (χ2n) is 2.75. The Bertz CT molecular complexity index is 496. The van der Waals surface area contributed by atoms with E-state index in [9.17, 15) is 4.39 Å². The number of nitrogens with zero attached hydrogens (tertiary/aromatic N) is 2. The molecule has 0 spiro atoms. The Kier molecular flexibility index (Phi) is 3.08. The van der Waals surface area contributed by atoms with Gasteiger partial charge in [0, 0.05) is 12.4 Å². The van der Waals surface area contributed by atoms with E-state index >= 15 is 0 Å². The largest absolute Gasteiger partial charge is 0.255 e. The number of hydrogen-bond acceptors (Lipinski definition) is 3. The van der Waals surface area contributed by atoms with E-state index < -0.39 is 0 Å². The van der Waals surface area contributed by atoms with Crippen molar-refractivity contribution in [1.29, 1.82) is 0 Å². The first-order chi connectivity index (χ1) is 7.24. The number of benzene rings is 1. The van der Waals surface area contributed by atoms with E-state index in [1.165, 1.54) is 23.5 Å². The summed E-state index contributed by atoms with van der Waals surface area (Å²) in [5, 5.41) is 0. The Labute approximate surface area is 95.1 Å². The standard InChI is InChI=1S/C10H6ClFN2S/c11-10-14-6-9(15-10)5-13-8-3-1-2-7(12)4-8/h1-6H. The van der Waals surface area contributed by atoms with Crippen molar-refractivity contribution in [3.05, 3.63) is 45.6 Å². The molecule has 15 heavy (non-hydrogen) atoms. The maximum atomic E-state index is 12.8. The Morgan fingerprint density at radius 2 is 2.33 bits per heavy atom. The molecule has 0 amide bonds. The van der Waals surface area contributed by atoms with Crippen molar-refractivity contribution in [3.63, 3.8) is 0 Å². The van der Waals surface area contributed by atoms with Crippen LogP contribution in [0.1, 0.15) is 4.88 Å². The van der Waals surface area contributed by atoms with Crippen LogP contribution in [0.3, 0.4) is 0 Å². The molecule has 0 atom stereocenters. The molecule has 0 aliphatic rings. The minimum atomic E-state index is -0.299. The zero-order valence-electron chi connectivity index (χ0n) is 7.52. The second-order valence-corrected chi connectivity index (χ2v) is 4.40. The molecule has 0 radical (unpaired) electrons. The minimum absolute atomic E-state index is 0.299. The van der Waals surface area contributed by atoms with Crippen molar-refractivity contribution in [2.75, 3.05) is 0 Å². The maximum absolute atomic E-state index is 12.8. The van der Waals surface area contributed by atoms with Gasteiger partial charge in [0.1, 0.15) is 5.82 Å². The van der Waals surface area contributed by atoms with Crippen LogP contribution < -0.4 is 0 Å². The first-order valence-corrected chi connectivity index (χ1v) is 5.34. The minimum Gasteiger partial charge on any atom is -0.255 e. The number of thiazole rings is 1. The fourth-order valence-electron chi connectivity index (χ4n) is 1.02. The molecule has 0 bridgehead atoms. The Morgan fingerprint density at radius 1 is 1.47 bits per heavy atom. The maximum Gasteiger partial charge on any atom is 0.184 e. The predicted octanol–water partition coefficient (Wildman–Crippen LogP) is 3.69. The summed E-state index contributed by atoms with van der Waals surface area (Å²) in [6, 6.07) is 6.08. The second kappa shape index (κ2) is 4.51. The van der Waals surface area contributed by atoms with Gasteiger partial charge in [-0.2, -0.15) is 0 Å². The van der Waals surface area contributed by atoms with E-state index in [1.54, 1.807) is 24.5 Å². The number of aliphatic imine (C=N–C) groups is 1. The number of rotatable bonds is 2. The van der Waals surface area contributed by atoms with Crippen molar-refractivity contribution in [3.8, 4) is 0 Å². The molecule has 0 saturated heterocycles. The summed E-state index contributed by atoms with van der Waals surface area (Å²) in [7, 11) is 0. The van der Waals surface area contributed by atoms with Gasteiger partial charge < -0.3 is 0 Å². The first kappa shape index (κ1) is 10.3. The lowest BCUT2D eigenvalue weighted by Crippen LogP contribution is -1.74. The van der Waals surface area contributed by atoms with Crippen LogP contribution >= 0.6 is 22.9 Å². The summed E-state index contributed by atoms with van der Waals surface area (Å²) >= 11 is 6.98. The highest BCUT2D eigenvalue weighted by Crippen LogP contribution is 2.18. The van der Waals surface area contributed by atoms with Crippen LogP contribution in [0.2, 0.25) is 4.47 Å². The van der Waals surface area contributed by atoms with Gasteiger partial charge in [-0.1, -0.05) is 17.7 Å². The summed E-state index contributed by atoms with van der Waals surface area (Å²) in [6.07, 6.45) is 3.23. The Balaban J connectivity index is 2.18. The lowest BCUT2D eigenvalue weighted by molar-refractivity contribution is 0.628. The highest BCUT2D eigenvalue weighted by molar-refractivity contribution is 7.17. The fraction of sp³-hybridized carbons (Fsp3) is 0. The van der Waals surface area contributed by atoms with E-state index in [2.05, 4.69) is 9.98 Å². The van der Waals surface area contributed by atoms with Crippen LogP contribution in [0.25, 0.3) is 0 Å². The molecule has 5 heteroatoms. The van der Waals surface area contributed by atoms with E-state index in [-0.39, 0.29) is 5.82 Å². The van der Waals surface area contributed by atoms with Gasteiger partial charge in [0.05, 0.1) is 10.6 Å². The molecule has 76 valence electrons. The topological polar surface area (TPSA) is 25.2 Å². The van der Waals surface area contributed by atoms with Gasteiger partial charge in [-0.15, -0.1) is 11.3 Å². The van der Waals surface area contributed by atoms with E-state index in [1.807, 2.05) is 0 Å². The molecule has 1 aromatic heterocycles. The normalized spacial score (nSPS) is 11.1. The molecule has 0 unspecified atom stereocenters. The van der Waals surface area contributed by atoms with Crippen LogP contribution in [0.15, 0.2) is 35.5 Å². The molecule has 0 saturated carbocycles. The summed E-state index contributed by atoms with van der Waals surface area (Å²) in [5.41, 5.74) is 0.569. The molecule has 1 heterocycles. The summed E-state index contributed by atoms with van der Waals surface area (Å²) in [6.45, 7) is 0. The van der Waals surface area contributed by atoms with E-state index in [0.29, 0.717) is 10.2 Å². The SMILES string of the molecule is Fc1cccc(N=Cc2cnc(Cl)s2)c1. The summed E-state index contributed by atoms with van der Waals surface area (Å²) in [5.74, 6) is -0.299. The molecule has 0 N–H and O–H groups in total. The van der Waals surface area contributed by atoms with Gasteiger partial charge in [-0.05, 0) is 18.2 Å². The average molecular weight is 241 g/mol. The third-order valence-electron chi connectivity index (χ3n) is 1.64. The summed E-state index contributed by atoms with van der Waals surface area (Å²) in [4.78, 5) is 8.80. The van der Waals surface area contributed by atoms with E-state index in [4.69, 9.17) is 11.6 Å². The lowest BCUT2D eigenvalue weighted by Gasteiger charge is -1.91. The van der Waals surface area contributed by atoms with Crippen LogP contribution in [-0.4, -0.2) is 11.2 Å². The zero-order valence-corrected chi connectivity index (χ0v) is 9.10. The van der Waals surface area contributed by atoms with Gasteiger partial charge >= 0.3 is 0 Å². The lowest BCUT2D eigenvalue weighted by atomic mass is 10.3. The predicted molar refractivity (Wildman–Crippen MR) is 60.8 cm³/mol. The number of aromatic nitrogens is 1. The average Bonchev–Trinajstić information content (AvgIpc) is 2.62. The Morgan fingerprint density at radius 3 is 3.00 bits per heavy atom. The Hall–Kier alpha value is -1.26. The molecule has 0 aliphatic carbocycles. The quantitative estimate of drug-likeness (QED) is 0.735. The van der Waals surface area contributed by atoms with Gasteiger partial charge in [-0.3, -0.25) is 4.99 Å². The molecule has 2 rings (SSSR count). The van der Waals surface area contributed by atoms with Crippen LogP contribution in [0.4, 0.5) is 10.1 Å². The van der Waals surface area contributed by atoms with Crippen LogP contribution in [0.5, 0.6) is 0 Å². The highest BCUT2D eigenvalue weighted by Gasteiger charge is 1.96. The zero-order chi connectivity index (χ0) is 10.7. The van der Waals surface area contributed by atoms with Crippen molar-refractivity contribution < 1.29 is 4.39 Å². The third kappa shape index (κ3) is 2.84. The number of hydrogen-bond donors (Lipinski definition) is 0. The van der Waals surface area contributed by atoms with Gasteiger partial charge in [0.15, 0.2) is 4.47 Å². The summed E-state index contributed by atoms with van der Waals surface area (Å²) < 4.78 is 13.3. The van der Waals surface area contributed by atoms with E-state index in [0.717, 1.165) is 4.88 Å². The highest BCUT2D eigenvalue weighted by atomic mass is 35.5. The molecule has 2 nitrogen and oxygen atoms in total. The van der Waals surface area contributed by atoms with Crippen molar-refractivity contribution in [2.45, 2.75) is 0 Å². The molecular formula is C10H6ClFN2S. The van der Waals surface area contributed by atoms with Gasteiger partial charge in [-0.25, -0.2) is 9.37 Å². The molecule has 0 aliphatic heterocycles. The van der Waals surface area contributed by atoms with Gasteiger partial charge in [0.25, 0.3) is 0 Å². The third-order valence-corrected chi connectivity index (χ3v) is 2.69. The molecule has 1 aromatic carbocycles. The van der Waals surface area contributed by atoms with Crippen molar-refractivity contribution in [2.24, 2.45) is 4.99 Å². The fourth-order valence-corrected chi connectivity index (χ4v) is 1.85. The smallest absolute Gasteiger partial charge is 0.184 e. The van der Waals surface area contributed by atoms with Crippen LogP contribution in [0, 0.1) is 5.82 Å².